The van der Waals surface area contributed by atoms with Gasteiger partial charge in [-0.1, -0.05) is 12.1 Å². The first kappa shape index (κ1) is 7.02. The summed E-state index contributed by atoms with van der Waals surface area (Å²) in [7, 11) is 0. The van der Waals surface area contributed by atoms with Crippen LogP contribution in [0.5, 0.6) is 0 Å². The average Bonchev–Trinajstić information content (AvgIpc) is 2.75. The molecule has 0 amide bonds. The number of aryl methyl sites for hydroxylation is 1. The first-order chi connectivity index (χ1) is 5.90. The van der Waals surface area contributed by atoms with Gasteiger partial charge in [0.2, 0.25) is 0 Å². The number of aromatic amines is 1. The Hall–Kier alpha value is -1.65. The van der Waals surface area contributed by atoms with Crippen LogP contribution in [0.4, 0.5) is 0 Å². The van der Waals surface area contributed by atoms with Crippen molar-refractivity contribution in [2.45, 2.75) is 13.3 Å². The summed E-state index contributed by atoms with van der Waals surface area (Å²) in [5.74, 6) is 1.20. The van der Waals surface area contributed by atoms with E-state index < -0.39 is 0 Å². The third-order valence-corrected chi connectivity index (χ3v) is 1.52. The van der Waals surface area contributed by atoms with Crippen molar-refractivity contribution in [1.29, 1.82) is 0 Å². The van der Waals surface area contributed by atoms with Gasteiger partial charge in [-0.2, -0.15) is 10.1 Å². The summed E-state index contributed by atoms with van der Waals surface area (Å²) in [6.45, 7) is 1.97. The van der Waals surface area contributed by atoms with Gasteiger partial charge in [-0.3, -0.25) is 5.10 Å². The van der Waals surface area contributed by atoms with E-state index >= 15 is 0 Å². The lowest BCUT2D eigenvalue weighted by Gasteiger charge is -1.82. The van der Waals surface area contributed by atoms with Crippen molar-refractivity contribution in [2.75, 3.05) is 0 Å². The molecule has 0 fully saturated rings. The molecule has 5 nitrogen and oxygen atoms in total. The lowest BCUT2D eigenvalue weighted by Crippen LogP contribution is -1.82. The van der Waals surface area contributed by atoms with Gasteiger partial charge in [-0.15, -0.1) is 0 Å². The second kappa shape index (κ2) is 2.77. The van der Waals surface area contributed by atoms with E-state index in [1.54, 1.807) is 12.3 Å². The number of aromatic nitrogens is 4. The molecule has 12 heavy (non-hydrogen) atoms. The molecule has 2 aromatic heterocycles. The van der Waals surface area contributed by atoms with Crippen LogP contribution in [0, 0.1) is 0 Å². The minimum Gasteiger partial charge on any atom is -0.332 e. The molecular weight excluding hydrogens is 156 g/mol. The summed E-state index contributed by atoms with van der Waals surface area (Å²) in [6.07, 6.45) is 2.42. The maximum absolute atomic E-state index is 4.97. The fourth-order valence-electron chi connectivity index (χ4n) is 0.882. The molecule has 0 aliphatic heterocycles. The third kappa shape index (κ3) is 1.09. The van der Waals surface area contributed by atoms with Crippen LogP contribution in [0.25, 0.3) is 11.6 Å². The van der Waals surface area contributed by atoms with E-state index in [2.05, 4.69) is 20.3 Å². The molecule has 2 rings (SSSR count). The molecule has 0 spiro atoms. The second-order valence-corrected chi connectivity index (χ2v) is 2.34. The summed E-state index contributed by atoms with van der Waals surface area (Å²) in [4.78, 5) is 4.12. The minimum atomic E-state index is 0.490. The molecular formula is C7H8N4O. The van der Waals surface area contributed by atoms with Gasteiger partial charge in [0.25, 0.3) is 5.89 Å². The van der Waals surface area contributed by atoms with Gasteiger partial charge in [0, 0.05) is 12.6 Å². The van der Waals surface area contributed by atoms with Crippen LogP contribution in [0.1, 0.15) is 12.7 Å². The zero-order valence-corrected chi connectivity index (χ0v) is 6.61. The normalized spacial score (nSPS) is 10.4. The number of nitrogens with zero attached hydrogens (tertiary/aromatic N) is 3. The van der Waals surface area contributed by atoms with E-state index in [4.69, 9.17) is 4.52 Å². The van der Waals surface area contributed by atoms with Crippen LogP contribution in [-0.4, -0.2) is 20.3 Å². The molecule has 2 heterocycles. The summed E-state index contributed by atoms with van der Waals surface area (Å²) in [6, 6.07) is 1.78. The van der Waals surface area contributed by atoms with E-state index in [1.165, 1.54) is 0 Å². The summed E-state index contributed by atoms with van der Waals surface area (Å²) >= 11 is 0. The highest BCUT2D eigenvalue weighted by Gasteiger charge is 2.07. The topological polar surface area (TPSA) is 67.6 Å². The molecule has 0 unspecified atom stereocenters. The zero-order chi connectivity index (χ0) is 8.39. The van der Waals surface area contributed by atoms with Gasteiger partial charge in [-0.05, 0) is 6.07 Å². The van der Waals surface area contributed by atoms with Gasteiger partial charge < -0.3 is 4.52 Å². The number of H-pyrrole nitrogens is 1. The van der Waals surface area contributed by atoms with E-state index in [-0.39, 0.29) is 0 Å². The lowest BCUT2D eigenvalue weighted by molar-refractivity contribution is 0.422. The quantitative estimate of drug-likeness (QED) is 0.719. The molecule has 0 aromatic carbocycles. The second-order valence-electron chi connectivity index (χ2n) is 2.34. The van der Waals surface area contributed by atoms with Gasteiger partial charge in [-0.25, -0.2) is 0 Å². The highest BCUT2D eigenvalue weighted by atomic mass is 16.5. The van der Waals surface area contributed by atoms with Gasteiger partial charge in [0.1, 0.15) is 5.69 Å². The van der Waals surface area contributed by atoms with Crippen LogP contribution < -0.4 is 0 Å². The molecule has 5 heteroatoms. The fourth-order valence-corrected chi connectivity index (χ4v) is 0.882. The van der Waals surface area contributed by atoms with Crippen LogP contribution in [0.15, 0.2) is 16.8 Å². The summed E-state index contributed by atoms with van der Waals surface area (Å²) in [5.41, 5.74) is 0.752. The maximum Gasteiger partial charge on any atom is 0.275 e. The number of hydrogen-bond acceptors (Lipinski definition) is 4. The third-order valence-electron chi connectivity index (χ3n) is 1.52. The van der Waals surface area contributed by atoms with Crippen molar-refractivity contribution in [1.82, 2.24) is 20.3 Å². The Labute approximate surface area is 68.8 Å². The molecule has 0 saturated carbocycles. The Kier molecular flexibility index (Phi) is 1.62. The van der Waals surface area contributed by atoms with Gasteiger partial charge in [0.15, 0.2) is 5.82 Å². The standard InChI is InChI=1S/C7H8N4O/c1-2-6-9-7(12-11-6)5-3-4-8-10-5/h3-4H,2H2,1H3,(H,8,10). The monoisotopic (exact) mass is 164 g/mol. The summed E-state index contributed by atoms with van der Waals surface area (Å²) in [5, 5.41) is 10.3. The van der Waals surface area contributed by atoms with E-state index in [0.717, 1.165) is 12.1 Å². The molecule has 0 bridgehead atoms. The van der Waals surface area contributed by atoms with Crippen LogP contribution >= 0.6 is 0 Å². The van der Waals surface area contributed by atoms with Crippen LogP contribution in [-0.2, 0) is 6.42 Å². The molecule has 1 N–H and O–H groups in total. The molecule has 0 aliphatic rings. The van der Waals surface area contributed by atoms with Crippen LogP contribution in [0.3, 0.4) is 0 Å². The Balaban J connectivity index is 2.35. The Morgan fingerprint density at radius 2 is 2.50 bits per heavy atom. The molecule has 0 radical (unpaired) electrons. The highest BCUT2D eigenvalue weighted by Crippen LogP contribution is 2.12. The largest absolute Gasteiger partial charge is 0.332 e. The van der Waals surface area contributed by atoms with Gasteiger partial charge in [0.05, 0.1) is 0 Å². The molecule has 0 saturated heterocycles. The van der Waals surface area contributed by atoms with E-state index in [0.29, 0.717) is 11.7 Å². The average molecular weight is 164 g/mol. The number of hydrogen-bond donors (Lipinski definition) is 1. The van der Waals surface area contributed by atoms with Crippen LogP contribution in [0.2, 0.25) is 0 Å². The zero-order valence-electron chi connectivity index (χ0n) is 6.61. The smallest absolute Gasteiger partial charge is 0.275 e. The predicted octanol–water partition coefficient (Wildman–Crippen LogP) is 1.02. The minimum absolute atomic E-state index is 0.490. The van der Waals surface area contributed by atoms with E-state index in [1.807, 2.05) is 6.92 Å². The molecule has 62 valence electrons. The SMILES string of the molecule is CCc1noc(-c2ccn[nH]2)n1. The van der Waals surface area contributed by atoms with Crippen molar-refractivity contribution in [3.63, 3.8) is 0 Å². The van der Waals surface area contributed by atoms with Crippen molar-refractivity contribution in [2.24, 2.45) is 0 Å². The molecule has 2 aromatic rings. The predicted molar refractivity (Wildman–Crippen MR) is 41.3 cm³/mol. The Morgan fingerprint density at radius 1 is 1.58 bits per heavy atom. The Morgan fingerprint density at radius 3 is 3.08 bits per heavy atom. The molecule has 0 atom stereocenters. The Bertz CT molecular complexity index is 351. The van der Waals surface area contributed by atoms with Gasteiger partial charge >= 0.3 is 0 Å². The van der Waals surface area contributed by atoms with Crippen molar-refractivity contribution in [3.05, 3.63) is 18.1 Å². The van der Waals surface area contributed by atoms with Crippen molar-refractivity contribution >= 4 is 0 Å². The first-order valence-corrected chi connectivity index (χ1v) is 3.72. The van der Waals surface area contributed by atoms with Crippen molar-refractivity contribution in [3.8, 4) is 11.6 Å². The number of rotatable bonds is 2. The lowest BCUT2D eigenvalue weighted by atomic mass is 10.4. The highest BCUT2D eigenvalue weighted by molar-refractivity contribution is 5.44. The molecule has 0 aliphatic carbocycles. The van der Waals surface area contributed by atoms with Crippen molar-refractivity contribution < 1.29 is 4.52 Å². The maximum atomic E-state index is 4.97. The fraction of sp³-hybridized carbons (Fsp3) is 0.286. The summed E-state index contributed by atoms with van der Waals surface area (Å²) < 4.78 is 4.97. The first-order valence-electron chi connectivity index (χ1n) is 3.72. The van der Waals surface area contributed by atoms with E-state index in [9.17, 15) is 0 Å². The number of nitrogens with one attached hydrogen (secondary N) is 1.